The molecule has 124 valence electrons. The first kappa shape index (κ1) is 15.8. The van der Waals surface area contributed by atoms with Crippen LogP contribution in [0.15, 0.2) is 35.1 Å². The number of fused-ring (bicyclic) bond motifs is 1. The molecule has 2 heterocycles. The van der Waals surface area contributed by atoms with Gasteiger partial charge in [0.05, 0.1) is 31.9 Å². The number of benzene rings is 1. The van der Waals surface area contributed by atoms with Crippen molar-refractivity contribution in [2.24, 2.45) is 0 Å². The van der Waals surface area contributed by atoms with E-state index in [-0.39, 0.29) is 23.6 Å². The average molecular weight is 329 g/mol. The maximum Gasteiger partial charge on any atom is 0.339 e. The van der Waals surface area contributed by atoms with Crippen LogP contribution >= 0.6 is 0 Å². The number of carbonyl (C=O) groups excluding carboxylic acids is 2. The molecule has 0 radical (unpaired) electrons. The summed E-state index contributed by atoms with van der Waals surface area (Å²) in [6, 6.07) is 7.56. The fourth-order valence-corrected chi connectivity index (χ4v) is 2.60. The zero-order chi connectivity index (χ0) is 17.3. The molecule has 1 aliphatic rings. The molecule has 1 aromatic heterocycles. The van der Waals surface area contributed by atoms with E-state index in [1.807, 2.05) is 0 Å². The van der Waals surface area contributed by atoms with Gasteiger partial charge in [0.1, 0.15) is 12.4 Å². The predicted octanol–water partition coefficient (Wildman–Crippen LogP) is 1.27. The van der Waals surface area contributed by atoms with Crippen molar-refractivity contribution in [3.8, 4) is 11.6 Å². The highest BCUT2D eigenvalue weighted by molar-refractivity contribution is 6.15. The van der Waals surface area contributed by atoms with Crippen molar-refractivity contribution in [3.05, 3.63) is 57.4 Å². The van der Waals surface area contributed by atoms with E-state index in [9.17, 15) is 14.4 Å². The van der Waals surface area contributed by atoms with Gasteiger partial charge in [0.2, 0.25) is 5.88 Å². The first-order valence-corrected chi connectivity index (χ1v) is 7.24. The molecule has 1 aliphatic heterocycles. The maximum atomic E-state index is 12.9. The summed E-state index contributed by atoms with van der Waals surface area (Å²) in [6.45, 7) is 0.598. The topological polar surface area (TPSA) is 83.8 Å². The SMILES string of the molecule is COC(=O)c1cc(=O)n2c(c1C(=O)c1ccc(OC)cc1)OCC2. The first-order chi connectivity index (χ1) is 11.6. The summed E-state index contributed by atoms with van der Waals surface area (Å²) in [4.78, 5) is 37.0. The monoisotopic (exact) mass is 329 g/mol. The second-order valence-corrected chi connectivity index (χ2v) is 5.13. The highest BCUT2D eigenvalue weighted by Gasteiger charge is 2.30. The first-order valence-electron chi connectivity index (χ1n) is 7.24. The molecular weight excluding hydrogens is 314 g/mol. The van der Waals surface area contributed by atoms with Crippen LogP contribution in [0.25, 0.3) is 0 Å². The quantitative estimate of drug-likeness (QED) is 0.620. The van der Waals surface area contributed by atoms with Gasteiger partial charge in [0, 0.05) is 11.6 Å². The number of carbonyl (C=O) groups is 2. The van der Waals surface area contributed by atoms with E-state index < -0.39 is 17.3 Å². The minimum absolute atomic E-state index is 0.0316. The largest absolute Gasteiger partial charge is 0.497 e. The Morgan fingerprint density at radius 3 is 2.50 bits per heavy atom. The summed E-state index contributed by atoms with van der Waals surface area (Å²) in [7, 11) is 2.71. The molecule has 7 heteroatoms. The third-order valence-corrected chi connectivity index (χ3v) is 3.80. The van der Waals surface area contributed by atoms with Crippen LogP contribution in [0.3, 0.4) is 0 Å². The van der Waals surface area contributed by atoms with Crippen LogP contribution in [0, 0.1) is 0 Å². The zero-order valence-corrected chi connectivity index (χ0v) is 13.2. The van der Waals surface area contributed by atoms with Gasteiger partial charge in [-0.2, -0.15) is 0 Å². The van der Waals surface area contributed by atoms with Crippen LogP contribution in [-0.2, 0) is 11.3 Å². The molecular formula is C17H15NO6. The molecule has 1 aromatic carbocycles. The molecule has 0 amide bonds. The Bertz CT molecular complexity index is 866. The second-order valence-electron chi connectivity index (χ2n) is 5.13. The van der Waals surface area contributed by atoms with Gasteiger partial charge in [-0.15, -0.1) is 0 Å². The lowest BCUT2D eigenvalue weighted by Gasteiger charge is -2.12. The lowest BCUT2D eigenvalue weighted by Crippen LogP contribution is -2.23. The van der Waals surface area contributed by atoms with Crippen LogP contribution in [0.2, 0.25) is 0 Å². The second kappa shape index (κ2) is 6.19. The molecule has 2 aromatic rings. The molecule has 0 saturated carbocycles. The number of ether oxygens (including phenoxy) is 3. The molecule has 7 nitrogen and oxygen atoms in total. The number of esters is 1. The fraction of sp³-hybridized carbons (Fsp3) is 0.235. The smallest absolute Gasteiger partial charge is 0.339 e. The molecule has 0 aliphatic carbocycles. The summed E-state index contributed by atoms with van der Waals surface area (Å²) in [5.41, 5.74) is -0.132. The summed E-state index contributed by atoms with van der Waals surface area (Å²) in [5, 5.41) is 0. The van der Waals surface area contributed by atoms with Crippen LogP contribution in [0.4, 0.5) is 0 Å². The van der Waals surface area contributed by atoms with Crippen molar-refractivity contribution in [1.82, 2.24) is 4.57 Å². The molecule has 0 fully saturated rings. The minimum atomic E-state index is -0.761. The van der Waals surface area contributed by atoms with Crippen molar-refractivity contribution < 1.29 is 23.8 Å². The molecule has 0 N–H and O–H groups in total. The number of aromatic nitrogens is 1. The van der Waals surface area contributed by atoms with Crippen molar-refractivity contribution in [3.63, 3.8) is 0 Å². The highest BCUT2D eigenvalue weighted by atomic mass is 16.5. The van der Waals surface area contributed by atoms with Gasteiger partial charge in [-0.05, 0) is 24.3 Å². The number of rotatable bonds is 4. The van der Waals surface area contributed by atoms with Gasteiger partial charge < -0.3 is 14.2 Å². The predicted molar refractivity (Wildman–Crippen MR) is 84.0 cm³/mol. The van der Waals surface area contributed by atoms with Gasteiger partial charge in [-0.3, -0.25) is 14.2 Å². The van der Waals surface area contributed by atoms with Crippen molar-refractivity contribution >= 4 is 11.8 Å². The normalized spacial score (nSPS) is 12.2. The highest BCUT2D eigenvalue weighted by Crippen LogP contribution is 2.28. The van der Waals surface area contributed by atoms with Gasteiger partial charge in [-0.1, -0.05) is 0 Å². The van der Waals surface area contributed by atoms with E-state index in [0.29, 0.717) is 17.9 Å². The van der Waals surface area contributed by atoms with Gasteiger partial charge in [-0.25, -0.2) is 4.79 Å². The summed E-state index contributed by atoms with van der Waals surface area (Å²) < 4.78 is 16.5. The summed E-state index contributed by atoms with van der Waals surface area (Å²) >= 11 is 0. The van der Waals surface area contributed by atoms with E-state index in [0.717, 1.165) is 6.07 Å². The molecule has 0 saturated heterocycles. The Hall–Kier alpha value is -3.09. The zero-order valence-electron chi connectivity index (χ0n) is 13.2. The lowest BCUT2D eigenvalue weighted by atomic mass is 9.99. The molecule has 0 spiro atoms. The number of pyridine rings is 1. The Morgan fingerprint density at radius 2 is 1.88 bits per heavy atom. The molecule has 3 rings (SSSR count). The Balaban J connectivity index is 2.18. The van der Waals surface area contributed by atoms with E-state index in [1.165, 1.54) is 18.8 Å². The van der Waals surface area contributed by atoms with E-state index in [4.69, 9.17) is 14.2 Å². The third-order valence-electron chi connectivity index (χ3n) is 3.80. The van der Waals surface area contributed by atoms with Crippen LogP contribution in [-0.4, -0.2) is 37.1 Å². The molecule has 0 unspecified atom stereocenters. The van der Waals surface area contributed by atoms with Crippen molar-refractivity contribution in [2.75, 3.05) is 20.8 Å². The van der Waals surface area contributed by atoms with Crippen molar-refractivity contribution in [1.29, 1.82) is 0 Å². The Morgan fingerprint density at radius 1 is 1.17 bits per heavy atom. The van der Waals surface area contributed by atoms with Gasteiger partial charge in [0.25, 0.3) is 5.56 Å². The number of nitrogens with zero attached hydrogens (tertiary/aromatic N) is 1. The number of hydrogen-bond acceptors (Lipinski definition) is 6. The lowest BCUT2D eigenvalue weighted by molar-refractivity contribution is 0.0596. The minimum Gasteiger partial charge on any atom is -0.497 e. The van der Waals surface area contributed by atoms with Gasteiger partial charge >= 0.3 is 5.97 Å². The Kier molecular flexibility index (Phi) is 4.07. The van der Waals surface area contributed by atoms with Crippen molar-refractivity contribution in [2.45, 2.75) is 6.54 Å². The Labute approximate surface area is 137 Å². The number of ketones is 1. The number of hydrogen-bond donors (Lipinski definition) is 0. The molecule has 24 heavy (non-hydrogen) atoms. The fourth-order valence-electron chi connectivity index (χ4n) is 2.60. The molecule has 0 atom stereocenters. The summed E-state index contributed by atoms with van der Waals surface area (Å²) in [5.74, 6) is -0.485. The van der Waals surface area contributed by atoms with Crippen LogP contribution in [0.5, 0.6) is 11.6 Å². The average Bonchev–Trinajstić information content (AvgIpc) is 3.10. The molecule has 0 bridgehead atoms. The standard InChI is InChI=1S/C17H15NO6/c1-22-11-5-3-10(4-6-11)15(20)14-12(17(21)23-2)9-13(19)18-7-8-24-16(14)18/h3-6,9H,7-8H2,1-2H3. The van der Waals surface area contributed by atoms with E-state index in [2.05, 4.69) is 0 Å². The maximum absolute atomic E-state index is 12.9. The number of methoxy groups -OCH3 is 2. The third kappa shape index (κ3) is 2.54. The summed E-state index contributed by atoms with van der Waals surface area (Å²) in [6.07, 6.45) is 0. The van der Waals surface area contributed by atoms with Gasteiger partial charge in [0.15, 0.2) is 5.78 Å². The van der Waals surface area contributed by atoms with Crippen LogP contribution in [0.1, 0.15) is 26.3 Å². The van der Waals surface area contributed by atoms with E-state index >= 15 is 0 Å². The van der Waals surface area contributed by atoms with E-state index in [1.54, 1.807) is 24.3 Å². The van der Waals surface area contributed by atoms with Crippen LogP contribution < -0.4 is 15.0 Å².